The Bertz CT molecular complexity index is 1110. The second kappa shape index (κ2) is 6.70. The third kappa shape index (κ3) is 2.86. The van der Waals surface area contributed by atoms with E-state index in [4.69, 9.17) is 0 Å². The first-order valence-electron chi connectivity index (χ1n) is 9.60. The summed E-state index contributed by atoms with van der Waals surface area (Å²) in [5.41, 5.74) is 12.2. The molecule has 2 nitrogen and oxygen atoms in total. The van der Waals surface area contributed by atoms with E-state index in [0.717, 1.165) is 6.54 Å². The molecule has 1 heterocycles. The maximum atomic E-state index is 2.38. The molecule has 27 heavy (non-hydrogen) atoms. The van der Waals surface area contributed by atoms with Crippen molar-refractivity contribution in [2.45, 2.75) is 41.2 Å². The quantitative estimate of drug-likeness (QED) is 0.429. The molecule has 0 aliphatic carbocycles. The van der Waals surface area contributed by atoms with Gasteiger partial charge in [0.2, 0.25) is 6.33 Å². The van der Waals surface area contributed by atoms with E-state index >= 15 is 0 Å². The van der Waals surface area contributed by atoms with Gasteiger partial charge in [-0.15, -0.1) is 0 Å². The Labute approximate surface area is 161 Å². The molecule has 1 aromatic heterocycles. The topological polar surface area (TPSA) is 8.81 Å². The van der Waals surface area contributed by atoms with Crippen LogP contribution in [0, 0.1) is 34.6 Å². The van der Waals surface area contributed by atoms with E-state index in [-0.39, 0.29) is 0 Å². The summed E-state index contributed by atoms with van der Waals surface area (Å²) in [6.07, 6.45) is 2.24. The van der Waals surface area contributed by atoms with Crippen molar-refractivity contribution in [1.82, 2.24) is 4.57 Å². The molecule has 0 saturated carbocycles. The number of benzene rings is 3. The second-order valence-corrected chi connectivity index (χ2v) is 7.54. The van der Waals surface area contributed by atoms with Crippen molar-refractivity contribution < 1.29 is 4.57 Å². The zero-order chi connectivity index (χ0) is 19.1. The molecule has 2 heteroatoms. The van der Waals surface area contributed by atoms with E-state index in [1.54, 1.807) is 0 Å². The third-order valence-corrected chi connectivity index (χ3v) is 6.22. The lowest BCUT2D eigenvalue weighted by Crippen LogP contribution is -2.34. The number of rotatable bonds is 3. The number of imidazole rings is 1. The van der Waals surface area contributed by atoms with Crippen LogP contribution in [-0.4, -0.2) is 4.57 Å². The van der Waals surface area contributed by atoms with Crippen LogP contribution < -0.4 is 4.57 Å². The normalized spacial score (nSPS) is 11.3. The van der Waals surface area contributed by atoms with Gasteiger partial charge in [-0.3, -0.25) is 0 Å². The summed E-state index contributed by atoms with van der Waals surface area (Å²) in [7, 11) is 0. The highest BCUT2D eigenvalue weighted by atomic mass is 15.1. The van der Waals surface area contributed by atoms with Gasteiger partial charge >= 0.3 is 0 Å². The van der Waals surface area contributed by atoms with Crippen LogP contribution in [0.5, 0.6) is 0 Å². The van der Waals surface area contributed by atoms with E-state index in [9.17, 15) is 0 Å². The minimum absolute atomic E-state index is 0.889. The van der Waals surface area contributed by atoms with E-state index < -0.39 is 0 Å². The zero-order valence-electron chi connectivity index (χ0n) is 16.9. The fourth-order valence-corrected chi connectivity index (χ4v) is 4.08. The van der Waals surface area contributed by atoms with Crippen LogP contribution >= 0.6 is 0 Å². The Hall–Kier alpha value is -2.87. The van der Waals surface area contributed by atoms with Crippen molar-refractivity contribution in [3.05, 3.63) is 94.3 Å². The summed E-state index contributed by atoms with van der Waals surface area (Å²) in [6.45, 7) is 12.2. The lowest BCUT2D eigenvalue weighted by atomic mass is 9.89. The second-order valence-electron chi connectivity index (χ2n) is 7.54. The Balaban J connectivity index is 1.90. The summed E-state index contributed by atoms with van der Waals surface area (Å²) in [5.74, 6) is 0. The van der Waals surface area contributed by atoms with Gasteiger partial charge in [-0.25, -0.2) is 4.57 Å². The standard InChI is InChI=1S/C25H27N2/c1-17-18(2)20(4)23(21(5)19(17)3)15-26-16-27(22-11-7-6-8-12-22)25-14-10-9-13-24(25)26/h6-14,16H,15H2,1-5H3/q+1. The number of nitrogens with zero attached hydrogens (tertiary/aromatic N) is 2. The molecule has 4 rings (SSSR count). The van der Waals surface area contributed by atoms with Crippen LogP contribution in [0.4, 0.5) is 0 Å². The smallest absolute Gasteiger partial charge is 0.225 e. The predicted octanol–water partition coefficient (Wildman–Crippen LogP) is 5.51. The van der Waals surface area contributed by atoms with Crippen molar-refractivity contribution >= 4 is 11.0 Å². The maximum absolute atomic E-state index is 2.38. The molecule has 0 saturated heterocycles. The number of hydrogen-bond acceptors (Lipinski definition) is 0. The molecule has 0 atom stereocenters. The highest BCUT2D eigenvalue weighted by Gasteiger charge is 2.20. The van der Waals surface area contributed by atoms with Crippen LogP contribution in [0.3, 0.4) is 0 Å². The molecule has 0 aliphatic rings. The summed E-state index contributed by atoms with van der Waals surface area (Å²) >= 11 is 0. The van der Waals surface area contributed by atoms with Crippen molar-refractivity contribution in [3.8, 4) is 5.69 Å². The number of fused-ring (bicyclic) bond motifs is 1. The third-order valence-electron chi connectivity index (χ3n) is 6.22. The fraction of sp³-hybridized carbons (Fsp3) is 0.240. The first-order chi connectivity index (χ1) is 13.0. The molecule has 4 aromatic rings. The van der Waals surface area contributed by atoms with Gasteiger partial charge in [-0.2, -0.15) is 4.57 Å². The largest absolute Gasteiger partial charge is 0.250 e. The molecule has 0 bridgehead atoms. The number of aromatic nitrogens is 2. The van der Waals surface area contributed by atoms with E-state index in [2.05, 4.69) is 105 Å². The summed E-state index contributed by atoms with van der Waals surface area (Å²) in [6, 6.07) is 19.2. The predicted molar refractivity (Wildman–Crippen MR) is 113 cm³/mol. The number of hydrogen-bond donors (Lipinski definition) is 0. The molecule has 0 aliphatic heterocycles. The summed E-state index contributed by atoms with van der Waals surface area (Å²) in [4.78, 5) is 0. The monoisotopic (exact) mass is 355 g/mol. The molecule has 136 valence electrons. The SMILES string of the molecule is Cc1c(C)c(C)c(C[n+]2cn(-c3ccccc3)c3ccccc32)c(C)c1C. The molecule has 0 unspecified atom stereocenters. The van der Waals surface area contributed by atoms with Gasteiger partial charge in [0, 0.05) is 0 Å². The summed E-state index contributed by atoms with van der Waals surface area (Å²) in [5, 5.41) is 0. The van der Waals surface area contributed by atoms with Crippen LogP contribution in [0.25, 0.3) is 16.7 Å². The Morgan fingerprint density at radius 2 is 1.22 bits per heavy atom. The molecular weight excluding hydrogens is 328 g/mol. The fourth-order valence-electron chi connectivity index (χ4n) is 4.08. The lowest BCUT2D eigenvalue weighted by Gasteiger charge is -2.17. The van der Waals surface area contributed by atoms with Crippen LogP contribution in [0.2, 0.25) is 0 Å². The van der Waals surface area contributed by atoms with Gasteiger partial charge in [0.1, 0.15) is 12.2 Å². The molecule has 0 spiro atoms. The van der Waals surface area contributed by atoms with Gasteiger partial charge < -0.3 is 0 Å². The average molecular weight is 356 g/mol. The van der Waals surface area contributed by atoms with Crippen molar-refractivity contribution in [3.63, 3.8) is 0 Å². The molecule has 3 aromatic carbocycles. The van der Waals surface area contributed by atoms with Gasteiger partial charge in [0.15, 0.2) is 11.0 Å². The Morgan fingerprint density at radius 3 is 1.89 bits per heavy atom. The molecule has 0 N–H and O–H groups in total. The first kappa shape index (κ1) is 17.5. The van der Waals surface area contributed by atoms with E-state index in [0.29, 0.717) is 0 Å². The number of para-hydroxylation sites is 3. The van der Waals surface area contributed by atoms with Crippen molar-refractivity contribution in [1.29, 1.82) is 0 Å². The van der Waals surface area contributed by atoms with Gasteiger partial charge in [0.05, 0.1) is 0 Å². The van der Waals surface area contributed by atoms with Crippen LogP contribution in [0.1, 0.15) is 33.4 Å². The van der Waals surface area contributed by atoms with Crippen molar-refractivity contribution in [2.75, 3.05) is 0 Å². The molecule has 0 amide bonds. The maximum Gasteiger partial charge on any atom is 0.250 e. The molecular formula is C25H27N2+. The zero-order valence-corrected chi connectivity index (χ0v) is 16.9. The van der Waals surface area contributed by atoms with Crippen LogP contribution in [-0.2, 0) is 6.54 Å². The average Bonchev–Trinajstić information content (AvgIpc) is 3.07. The highest BCUT2D eigenvalue weighted by molar-refractivity contribution is 5.74. The first-order valence-corrected chi connectivity index (χ1v) is 9.60. The van der Waals surface area contributed by atoms with Gasteiger partial charge in [-0.05, 0) is 92.3 Å². The van der Waals surface area contributed by atoms with Crippen molar-refractivity contribution in [2.24, 2.45) is 0 Å². The van der Waals surface area contributed by atoms with E-state index in [1.165, 1.54) is 50.1 Å². The Morgan fingerprint density at radius 1 is 0.667 bits per heavy atom. The van der Waals surface area contributed by atoms with Gasteiger partial charge in [-0.1, -0.05) is 30.3 Å². The summed E-state index contributed by atoms with van der Waals surface area (Å²) < 4.78 is 4.67. The lowest BCUT2D eigenvalue weighted by molar-refractivity contribution is -0.663. The minimum atomic E-state index is 0.889. The van der Waals surface area contributed by atoms with E-state index in [1.807, 2.05) is 0 Å². The molecule has 0 radical (unpaired) electrons. The molecule has 0 fully saturated rings. The Kier molecular flexibility index (Phi) is 4.35. The minimum Gasteiger partial charge on any atom is -0.225 e. The van der Waals surface area contributed by atoms with Gasteiger partial charge in [0.25, 0.3) is 0 Å². The van der Waals surface area contributed by atoms with Crippen LogP contribution in [0.15, 0.2) is 60.9 Å². The highest BCUT2D eigenvalue weighted by Crippen LogP contribution is 2.26.